The van der Waals surface area contributed by atoms with Gasteiger partial charge in [0.1, 0.15) is 0 Å². The summed E-state index contributed by atoms with van der Waals surface area (Å²) in [7, 11) is 0. The normalized spacial score (nSPS) is 12.6. The van der Waals surface area contributed by atoms with E-state index in [2.05, 4.69) is 32.7 Å². The van der Waals surface area contributed by atoms with Crippen molar-refractivity contribution in [2.24, 2.45) is 5.92 Å². The van der Waals surface area contributed by atoms with E-state index in [9.17, 15) is 13.2 Å². The third kappa shape index (κ3) is 5.89. The van der Waals surface area contributed by atoms with E-state index in [1.165, 1.54) is 19.9 Å². The molecule has 0 aliphatic rings. The zero-order valence-corrected chi connectivity index (χ0v) is 10.5. The second-order valence-electron chi connectivity index (χ2n) is 2.95. The second kappa shape index (κ2) is 6.67. The molecule has 0 amide bonds. The number of hydrogen-bond acceptors (Lipinski definition) is 3. The Morgan fingerprint density at radius 1 is 1.50 bits per heavy atom. The Morgan fingerprint density at radius 3 is 2.19 bits per heavy atom. The Morgan fingerprint density at radius 2 is 2.06 bits per heavy atom. The Kier molecular flexibility index (Phi) is 6.32. The molecule has 1 aromatic rings. The zero-order valence-electron chi connectivity index (χ0n) is 8.88. The minimum atomic E-state index is -3.99. The summed E-state index contributed by atoms with van der Waals surface area (Å²) >= 11 is 2.98. The van der Waals surface area contributed by atoms with Gasteiger partial charge in [-0.05, 0) is 12.5 Å². The van der Waals surface area contributed by atoms with E-state index in [1.54, 1.807) is 0 Å². The van der Waals surface area contributed by atoms with Crippen LogP contribution in [0.15, 0.2) is 15.8 Å². The van der Waals surface area contributed by atoms with E-state index in [4.69, 9.17) is 4.42 Å². The Bertz CT molecular complexity index is 325. The van der Waals surface area contributed by atoms with E-state index >= 15 is 0 Å². The summed E-state index contributed by atoms with van der Waals surface area (Å²) in [5.41, 5.74) is 0. The molecular formula is C9H12BrF3N2O. The summed E-state index contributed by atoms with van der Waals surface area (Å²) in [6.45, 7) is 6.13. The van der Waals surface area contributed by atoms with Gasteiger partial charge in [0.2, 0.25) is 5.89 Å². The molecular weight excluding hydrogens is 289 g/mol. The number of rotatable bonds is 2. The van der Waals surface area contributed by atoms with E-state index in [0.29, 0.717) is 10.7 Å². The van der Waals surface area contributed by atoms with Gasteiger partial charge in [-0.25, -0.2) is 0 Å². The lowest BCUT2D eigenvalue weighted by Gasteiger charge is -2.11. The Labute approximate surface area is 99.9 Å². The molecule has 92 valence electrons. The minimum Gasteiger partial charge on any atom is -0.412 e. The van der Waals surface area contributed by atoms with Crippen LogP contribution in [0.4, 0.5) is 13.2 Å². The molecule has 0 radical (unpaired) electrons. The molecule has 1 aromatic heterocycles. The average molecular weight is 301 g/mol. The van der Waals surface area contributed by atoms with Gasteiger partial charge >= 0.3 is 6.18 Å². The number of hydrogen-bond donors (Lipinski definition) is 0. The van der Waals surface area contributed by atoms with Crippen LogP contribution in [-0.4, -0.2) is 16.4 Å². The quantitative estimate of drug-likeness (QED) is 0.826. The van der Waals surface area contributed by atoms with Gasteiger partial charge in [0.05, 0.1) is 5.92 Å². The molecule has 0 saturated carbocycles. The number of aromatic nitrogens is 2. The third-order valence-electron chi connectivity index (χ3n) is 1.76. The van der Waals surface area contributed by atoms with E-state index in [0.717, 1.165) is 0 Å². The van der Waals surface area contributed by atoms with Crippen LogP contribution in [0.1, 0.15) is 26.2 Å². The molecule has 3 nitrogen and oxygen atoms in total. The fourth-order valence-electron chi connectivity index (χ4n) is 0.530. The fraction of sp³-hybridized carbons (Fsp3) is 0.556. The third-order valence-corrected chi connectivity index (χ3v) is 2.08. The number of nitrogens with zero attached hydrogens (tertiary/aromatic N) is 2. The van der Waals surface area contributed by atoms with Crippen LogP contribution in [0, 0.1) is 5.92 Å². The topological polar surface area (TPSA) is 38.9 Å². The van der Waals surface area contributed by atoms with Gasteiger partial charge in [-0.15, -0.1) is 10.2 Å². The van der Waals surface area contributed by atoms with Crippen molar-refractivity contribution >= 4 is 22.0 Å². The van der Waals surface area contributed by atoms with Crippen molar-refractivity contribution in [3.63, 3.8) is 0 Å². The first kappa shape index (κ1) is 15.2. The van der Waals surface area contributed by atoms with Crippen LogP contribution in [0.2, 0.25) is 0 Å². The average Bonchev–Trinajstić information content (AvgIpc) is 2.62. The minimum absolute atomic E-state index is 0.170. The van der Waals surface area contributed by atoms with Gasteiger partial charge in [0, 0.05) is 15.9 Å². The molecule has 0 fully saturated rings. The molecule has 1 rings (SSSR count). The molecule has 0 aliphatic heterocycles. The van der Waals surface area contributed by atoms with E-state index in [-0.39, 0.29) is 6.42 Å². The fourth-order valence-corrected chi connectivity index (χ4v) is 0.775. The first-order chi connectivity index (χ1) is 7.31. The summed E-state index contributed by atoms with van der Waals surface area (Å²) in [4.78, 5) is 0.382. The van der Waals surface area contributed by atoms with Crippen molar-refractivity contribution in [3.05, 3.63) is 17.3 Å². The molecule has 1 unspecified atom stereocenters. The highest BCUT2D eigenvalue weighted by Gasteiger charge is 2.33. The highest BCUT2D eigenvalue weighted by atomic mass is 79.9. The lowest BCUT2D eigenvalue weighted by molar-refractivity contribution is -0.170. The van der Waals surface area contributed by atoms with Crippen molar-refractivity contribution in [2.75, 3.05) is 0 Å². The Hall–Kier alpha value is -0.850. The van der Waals surface area contributed by atoms with E-state index in [1.807, 2.05) is 0 Å². The highest BCUT2D eigenvalue weighted by molar-refractivity contribution is 9.10. The van der Waals surface area contributed by atoms with Crippen molar-refractivity contribution in [1.29, 1.82) is 0 Å². The molecule has 1 heterocycles. The van der Waals surface area contributed by atoms with Gasteiger partial charge in [-0.3, -0.25) is 0 Å². The van der Waals surface area contributed by atoms with Gasteiger partial charge in [0.25, 0.3) is 4.80 Å². The van der Waals surface area contributed by atoms with Crippen LogP contribution in [0.25, 0.3) is 6.08 Å². The molecule has 16 heavy (non-hydrogen) atoms. The molecule has 1 atom stereocenters. The predicted octanol–water partition coefficient (Wildman–Crippen LogP) is 4.07. The second-order valence-corrected chi connectivity index (χ2v) is 3.63. The van der Waals surface area contributed by atoms with Crippen LogP contribution < -0.4 is 0 Å². The van der Waals surface area contributed by atoms with E-state index < -0.39 is 12.1 Å². The summed E-state index contributed by atoms with van der Waals surface area (Å²) < 4.78 is 39.2. The lowest BCUT2D eigenvalue weighted by atomic mass is 10.1. The molecule has 0 aromatic carbocycles. The van der Waals surface area contributed by atoms with Crippen molar-refractivity contribution in [2.45, 2.75) is 26.4 Å². The standard InChI is InChI=1S/C5H9F3.C4H3BrN2O/c1-3-4(2)5(6,7)8;1-2-3-6-7-4(5)8-3/h4H,3H2,1-2H3;2H,1H2. The maximum absolute atomic E-state index is 11.4. The highest BCUT2D eigenvalue weighted by Crippen LogP contribution is 2.27. The summed E-state index contributed by atoms with van der Waals surface area (Å²) in [6.07, 6.45) is -2.34. The molecule has 0 spiro atoms. The zero-order chi connectivity index (χ0) is 12.8. The SMILES string of the molecule is C=Cc1nnc(Br)o1.CCC(C)C(F)(F)F. The number of alkyl halides is 3. The first-order valence-corrected chi connectivity index (χ1v) is 5.28. The summed E-state index contributed by atoms with van der Waals surface area (Å²) in [6, 6.07) is 0. The van der Waals surface area contributed by atoms with Crippen LogP contribution in [-0.2, 0) is 0 Å². The van der Waals surface area contributed by atoms with Crippen LogP contribution >= 0.6 is 15.9 Å². The first-order valence-electron chi connectivity index (χ1n) is 4.49. The van der Waals surface area contributed by atoms with Crippen LogP contribution in [0.3, 0.4) is 0 Å². The van der Waals surface area contributed by atoms with Gasteiger partial charge < -0.3 is 4.42 Å². The monoisotopic (exact) mass is 300 g/mol. The van der Waals surface area contributed by atoms with Gasteiger partial charge in [-0.1, -0.05) is 20.4 Å². The van der Waals surface area contributed by atoms with Crippen LogP contribution in [0.5, 0.6) is 0 Å². The maximum atomic E-state index is 11.4. The van der Waals surface area contributed by atoms with Gasteiger partial charge in [-0.2, -0.15) is 13.2 Å². The van der Waals surface area contributed by atoms with Crippen molar-refractivity contribution in [1.82, 2.24) is 10.2 Å². The molecule has 0 bridgehead atoms. The maximum Gasteiger partial charge on any atom is 0.391 e. The molecule has 7 heteroatoms. The summed E-state index contributed by atoms with van der Waals surface area (Å²) in [5, 5.41) is 7.07. The molecule has 0 aliphatic carbocycles. The summed E-state index contributed by atoms with van der Waals surface area (Å²) in [5.74, 6) is -0.723. The Balaban J connectivity index is 0.000000281. The van der Waals surface area contributed by atoms with Crippen molar-refractivity contribution in [3.8, 4) is 0 Å². The largest absolute Gasteiger partial charge is 0.412 e. The van der Waals surface area contributed by atoms with Crippen molar-refractivity contribution < 1.29 is 17.6 Å². The number of halogens is 4. The lowest BCUT2D eigenvalue weighted by Crippen LogP contribution is -2.18. The molecule has 0 saturated heterocycles. The predicted molar refractivity (Wildman–Crippen MR) is 57.6 cm³/mol. The van der Waals surface area contributed by atoms with Gasteiger partial charge in [0.15, 0.2) is 0 Å². The smallest absolute Gasteiger partial charge is 0.391 e. The molecule has 0 N–H and O–H groups in total.